The molecule has 4 nitrogen and oxygen atoms in total. The number of amides is 1. The Balaban J connectivity index is 2.62. The minimum atomic E-state index is -0.393. The van der Waals surface area contributed by atoms with E-state index in [4.69, 9.17) is 10.8 Å². The molecule has 16 heavy (non-hydrogen) atoms. The molecule has 0 saturated heterocycles. The van der Waals surface area contributed by atoms with Gasteiger partial charge in [-0.05, 0) is 38.5 Å². The van der Waals surface area contributed by atoms with Gasteiger partial charge in [0.25, 0.3) is 0 Å². The number of carbonyl (C=O) groups excluding carboxylic acids is 1. The molecule has 0 unspecified atom stereocenters. The van der Waals surface area contributed by atoms with Crippen molar-refractivity contribution < 1.29 is 9.90 Å². The van der Waals surface area contributed by atoms with E-state index in [1.807, 2.05) is 0 Å². The highest BCUT2D eigenvalue weighted by molar-refractivity contribution is 5.83. The smallest absolute Gasteiger partial charge is 0.227 e. The second kappa shape index (κ2) is 5.64. The van der Waals surface area contributed by atoms with Gasteiger partial charge in [-0.3, -0.25) is 4.79 Å². The van der Waals surface area contributed by atoms with E-state index in [2.05, 4.69) is 12.2 Å². The highest BCUT2D eigenvalue weighted by Crippen LogP contribution is 2.38. The average molecular weight is 228 g/mol. The van der Waals surface area contributed by atoms with Crippen LogP contribution in [0.15, 0.2) is 0 Å². The van der Waals surface area contributed by atoms with E-state index in [-0.39, 0.29) is 18.6 Å². The van der Waals surface area contributed by atoms with Gasteiger partial charge in [-0.2, -0.15) is 0 Å². The lowest BCUT2D eigenvalue weighted by molar-refractivity contribution is -0.133. The number of hydrogen-bond acceptors (Lipinski definition) is 3. The number of hydrogen-bond donors (Lipinski definition) is 3. The first-order valence-corrected chi connectivity index (χ1v) is 6.16. The van der Waals surface area contributed by atoms with Gasteiger partial charge in [0.2, 0.25) is 5.91 Å². The summed E-state index contributed by atoms with van der Waals surface area (Å²) in [6, 6.07) is -0.185. The molecule has 94 valence electrons. The molecule has 0 spiro atoms. The van der Waals surface area contributed by atoms with E-state index in [1.165, 1.54) is 0 Å². The summed E-state index contributed by atoms with van der Waals surface area (Å²) in [6.45, 7) is 4.40. The molecule has 1 aliphatic carbocycles. The first-order valence-electron chi connectivity index (χ1n) is 6.16. The second-order valence-corrected chi connectivity index (χ2v) is 5.22. The molecule has 0 aromatic carbocycles. The van der Waals surface area contributed by atoms with E-state index in [0.29, 0.717) is 12.5 Å². The molecule has 1 saturated carbocycles. The minimum Gasteiger partial charge on any atom is -0.394 e. The fraction of sp³-hybridized carbons (Fsp3) is 0.917. The van der Waals surface area contributed by atoms with Crippen LogP contribution in [-0.2, 0) is 4.79 Å². The van der Waals surface area contributed by atoms with Crippen molar-refractivity contribution >= 4 is 5.91 Å². The topological polar surface area (TPSA) is 75.4 Å². The van der Waals surface area contributed by atoms with Crippen molar-refractivity contribution in [2.24, 2.45) is 17.1 Å². The van der Waals surface area contributed by atoms with Gasteiger partial charge in [0.05, 0.1) is 12.0 Å². The maximum Gasteiger partial charge on any atom is 0.227 e. The molecule has 1 rings (SSSR count). The molecule has 0 radical (unpaired) electrons. The van der Waals surface area contributed by atoms with Gasteiger partial charge in [-0.15, -0.1) is 0 Å². The van der Waals surface area contributed by atoms with Gasteiger partial charge in [-0.1, -0.05) is 6.92 Å². The summed E-state index contributed by atoms with van der Waals surface area (Å²) in [5.74, 6) is 0.714. The van der Waals surface area contributed by atoms with E-state index in [0.717, 1.165) is 25.7 Å². The van der Waals surface area contributed by atoms with Gasteiger partial charge < -0.3 is 16.2 Å². The quantitative estimate of drug-likeness (QED) is 0.661. The highest BCUT2D eigenvalue weighted by atomic mass is 16.3. The van der Waals surface area contributed by atoms with Crippen LogP contribution in [0.3, 0.4) is 0 Å². The zero-order valence-corrected chi connectivity index (χ0v) is 10.3. The molecule has 4 heteroatoms. The molecule has 0 bridgehead atoms. The SMILES string of the molecule is CC1CCC(CN)(C(=O)N[C@H](C)CO)CC1. The predicted molar refractivity (Wildman–Crippen MR) is 63.8 cm³/mol. The van der Waals surface area contributed by atoms with Gasteiger partial charge in [0.1, 0.15) is 0 Å². The Morgan fingerprint density at radius 2 is 2.12 bits per heavy atom. The summed E-state index contributed by atoms with van der Waals surface area (Å²) in [5, 5.41) is 11.8. The molecule has 0 aromatic rings. The van der Waals surface area contributed by atoms with Crippen LogP contribution in [0.5, 0.6) is 0 Å². The normalized spacial score (nSPS) is 32.1. The van der Waals surface area contributed by atoms with Crippen LogP contribution in [-0.4, -0.2) is 30.2 Å². The van der Waals surface area contributed by atoms with Crippen LogP contribution in [0, 0.1) is 11.3 Å². The summed E-state index contributed by atoms with van der Waals surface area (Å²) in [6.07, 6.45) is 3.87. The maximum atomic E-state index is 12.1. The Kier molecular flexibility index (Phi) is 4.74. The average Bonchev–Trinajstić information content (AvgIpc) is 2.30. The molecule has 0 aromatic heterocycles. The van der Waals surface area contributed by atoms with E-state index >= 15 is 0 Å². The second-order valence-electron chi connectivity index (χ2n) is 5.22. The fourth-order valence-corrected chi connectivity index (χ4v) is 2.26. The van der Waals surface area contributed by atoms with Crippen LogP contribution in [0.1, 0.15) is 39.5 Å². The largest absolute Gasteiger partial charge is 0.394 e. The molecule has 4 N–H and O–H groups in total. The number of aliphatic hydroxyl groups is 1. The van der Waals surface area contributed by atoms with E-state index < -0.39 is 5.41 Å². The van der Waals surface area contributed by atoms with Crippen LogP contribution < -0.4 is 11.1 Å². The van der Waals surface area contributed by atoms with Crippen molar-refractivity contribution in [3.05, 3.63) is 0 Å². The zero-order chi connectivity index (χ0) is 12.2. The summed E-state index contributed by atoms with van der Waals surface area (Å²) < 4.78 is 0. The van der Waals surface area contributed by atoms with Crippen molar-refractivity contribution in [3.8, 4) is 0 Å². The fourth-order valence-electron chi connectivity index (χ4n) is 2.26. The molecule has 0 heterocycles. The number of rotatable bonds is 4. The Morgan fingerprint density at radius 3 is 2.56 bits per heavy atom. The van der Waals surface area contributed by atoms with Crippen LogP contribution >= 0.6 is 0 Å². The first-order chi connectivity index (χ1) is 7.54. The summed E-state index contributed by atoms with van der Waals surface area (Å²) >= 11 is 0. The van der Waals surface area contributed by atoms with Crippen molar-refractivity contribution in [1.82, 2.24) is 5.32 Å². The Hall–Kier alpha value is -0.610. The Labute approximate surface area is 97.6 Å². The number of aliphatic hydroxyl groups excluding tert-OH is 1. The van der Waals surface area contributed by atoms with Crippen molar-refractivity contribution in [1.29, 1.82) is 0 Å². The monoisotopic (exact) mass is 228 g/mol. The zero-order valence-electron chi connectivity index (χ0n) is 10.3. The standard InChI is InChI=1S/C12H24N2O2/c1-9-3-5-12(8-13,6-4-9)11(16)14-10(2)7-15/h9-10,15H,3-8,13H2,1-2H3,(H,14,16)/t9?,10-,12?/m1/s1. The summed E-state index contributed by atoms with van der Waals surface area (Å²) in [5.41, 5.74) is 5.39. The Bertz CT molecular complexity index is 235. The summed E-state index contributed by atoms with van der Waals surface area (Å²) in [4.78, 5) is 12.1. The van der Waals surface area contributed by atoms with E-state index in [1.54, 1.807) is 6.92 Å². The van der Waals surface area contributed by atoms with Crippen molar-refractivity contribution in [2.45, 2.75) is 45.6 Å². The van der Waals surface area contributed by atoms with Crippen LogP contribution in [0.4, 0.5) is 0 Å². The molecule has 1 aliphatic rings. The molecular formula is C12H24N2O2. The lowest BCUT2D eigenvalue weighted by Gasteiger charge is -2.37. The van der Waals surface area contributed by atoms with Gasteiger partial charge in [0, 0.05) is 12.6 Å². The third-order valence-electron chi connectivity index (χ3n) is 3.76. The third-order valence-corrected chi connectivity index (χ3v) is 3.76. The highest BCUT2D eigenvalue weighted by Gasteiger charge is 2.39. The Morgan fingerprint density at radius 1 is 1.56 bits per heavy atom. The lowest BCUT2D eigenvalue weighted by Crippen LogP contribution is -2.50. The predicted octanol–water partition coefficient (Wildman–Crippen LogP) is 0.639. The minimum absolute atomic E-state index is 0.0171. The third kappa shape index (κ3) is 2.95. The molecule has 1 fully saturated rings. The number of carbonyl (C=O) groups is 1. The first kappa shape index (κ1) is 13.5. The lowest BCUT2D eigenvalue weighted by atomic mass is 9.70. The van der Waals surface area contributed by atoms with Crippen molar-refractivity contribution in [3.63, 3.8) is 0 Å². The van der Waals surface area contributed by atoms with Crippen LogP contribution in [0.2, 0.25) is 0 Å². The molecule has 1 amide bonds. The number of nitrogens with one attached hydrogen (secondary N) is 1. The summed E-state index contributed by atoms with van der Waals surface area (Å²) in [7, 11) is 0. The van der Waals surface area contributed by atoms with E-state index in [9.17, 15) is 4.79 Å². The molecule has 1 atom stereocenters. The molecule has 0 aliphatic heterocycles. The van der Waals surface area contributed by atoms with Crippen molar-refractivity contribution in [2.75, 3.05) is 13.2 Å². The number of nitrogens with two attached hydrogens (primary N) is 1. The van der Waals surface area contributed by atoms with Gasteiger partial charge in [0.15, 0.2) is 0 Å². The van der Waals surface area contributed by atoms with Gasteiger partial charge >= 0.3 is 0 Å². The van der Waals surface area contributed by atoms with Gasteiger partial charge in [-0.25, -0.2) is 0 Å². The van der Waals surface area contributed by atoms with Crippen LogP contribution in [0.25, 0.3) is 0 Å². The maximum absolute atomic E-state index is 12.1. The molecular weight excluding hydrogens is 204 g/mol.